The topological polar surface area (TPSA) is 179 Å². The summed E-state index contributed by atoms with van der Waals surface area (Å²) in [6.07, 6.45) is 8.43. The average molecular weight is 817 g/mol. The average Bonchev–Trinajstić information content (AvgIpc) is 3.96. The Balaban J connectivity index is 0.000000164. The lowest BCUT2D eigenvalue weighted by Crippen LogP contribution is -2.37. The number of hydrogen-bond acceptors (Lipinski definition) is 11. The smallest absolute Gasteiger partial charge is 0.261 e. The van der Waals surface area contributed by atoms with E-state index in [4.69, 9.17) is 5.73 Å². The Morgan fingerprint density at radius 2 is 1.21 bits per heavy atom. The van der Waals surface area contributed by atoms with Crippen LogP contribution in [0.25, 0.3) is 0 Å². The van der Waals surface area contributed by atoms with Crippen LogP contribution in [0, 0.1) is 0 Å². The Morgan fingerprint density at radius 3 is 1.68 bits per heavy atom. The van der Waals surface area contributed by atoms with Gasteiger partial charge in [0.25, 0.3) is 20.0 Å². The van der Waals surface area contributed by atoms with E-state index in [-0.39, 0.29) is 9.79 Å². The van der Waals surface area contributed by atoms with Crippen LogP contribution in [0.2, 0.25) is 0 Å². The van der Waals surface area contributed by atoms with Crippen LogP contribution in [0.5, 0.6) is 0 Å². The van der Waals surface area contributed by atoms with E-state index in [1.54, 1.807) is 72.4 Å². The lowest BCUT2D eigenvalue weighted by atomic mass is 9.82. The molecule has 12 nitrogen and oxygen atoms in total. The summed E-state index contributed by atoms with van der Waals surface area (Å²) in [5, 5.41) is 10.8. The number of thioether (sulfide) groups is 1. The SMILES string of the molecule is CSC1=NCCN1.NCC1CCCc2cc(NS(=O)(=O)c3ccccc3)ccc21.O=S(=O)(Nc1ccc2c(c1)CCCC2CNC1=NCCN1)c1ccccc1. The quantitative estimate of drug-likeness (QED) is 0.125. The summed E-state index contributed by atoms with van der Waals surface area (Å²) in [6, 6.07) is 28.5. The van der Waals surface area contributed by atoms with Gasteiger partial charge in [-0.3, -0.25) is 19.4 Å². The largest absolute Gasteiger partial charge is 0.363 e. The zero-order chi connectivity index (χ0) is 39.4. The second-order valence-electron chi connectivity index (χ2n) is 13.9. The molecule has 298 valence electrons. The van der Waals surface area contributed by atoms with E-state index >= 15 is 0 Å². The van der Waals surface area contributed by atoms with Crippen molar-refractivity contribution in [2.75, 3.05) is 55.0 Å². The lowest BCUT2D eigenvalue weighted by molar-refractivity contribution is 0.541. The molecule has 2 heterocycles. The van der Waals surface area contributed by atoms with E-state index in [2.05, 4.69) is 41.4 Å². The zero-order valence-electron chi connectivity index (χ0n) is 31.7. The van der Waals surface area contributed by atoms with Crippen LogP contribution in [-0.2, 0) is 32.9 Å². The highest BCUT2D eigenvalue weighted by Gasteiger charge is 2.23. The maximum absolute atomic E-state index is 12.5. The molecule has 4 aliphatic rings. The van der Waals surface area contributed by atoms with E-state index in [1.807, 2.05) is 36.6 Å². The summed E-state index contributed by atoms with van der Waals surface area (Å²) < 4.78 is 55.2. The van der Waals surface area contributed by atoms with Crippen LogP contribution >= 0.6 is 11.8 Å². The molecule has 15 heteroatoms. The molecule has 0 bridgehead atoms. The summed E-state index contributed by atoms with van der Waals surface area (Å²) in [5.74, 6) is 1.69. The van der Waals surface area contributed by atoms with Crippen molar-refractivity contribution in [2.45, 2.75) is 60.2 Å². The van der Waals surface area contributed by atoms with Crippen LogP contribution in [0.3, 0.4) is 0 Å². The number of nitrogens with one attached hydrogen (secondary N) is 5. The molecule has 2 aliphatic heterocycles. The van der Waals surface area contributed by atoms with Crippen LogP contribution < -0.4 is 31.1 Å². The standard InChI is InChI=1S/C20H24N4O2S.C17H20N2O2S.C4H8N2S/c25-27(26,18-7-2-1-3-8-18)24-17-9-10-19-15(13-17)5-4-6-16(19)14-23-20-21-11-12-22-20;18-12-14-6-4-5-13-11-15(9-10-17(13)14)19-22(20,21)16-7-2-1-3-8-16;1-7-4-5-2-3-6-4/h1-3,7-10,13,16,24H,4-6,11-12,14H2,(H2,21,22,23);1-3,7-11,14,19H,4-6,12,18H2;2-3H2,1H3,(H,5,6). The van der Waals surface area contributed by atoms with Gasteiger partial charge in [-0.2, -0.15) is 0 Å². The number of anilines is 2. The van der Waals surface area contributed by atoms with Crippen molar-refractivity contribution >= 4 is 54.3 Å². The number of benzene rings is 4. The van der Waals surface area contributed by atoms with Crippen molar-refractivity contribution < 1.29 is 16.8 Å². The summed E-state index contributed by atoms with van der Waals surface area (Å²) >= 11 is 1.67. The molecule has 2 unspecified atom stereocenters. The minimum absolute atomic E-state index is 0.271. The Morgan fingerprint density at radius 1 is 0.696 bits per heavy atom. The van der Waals surface area contributed by atoms with E-state index < -0.39 is 20.0 Å². The van der Waals surface area contributed by atoms with Crippen molar-refractivity contribution in [3.05, 3.63) is 119 Å². The molecule has 0 spiro atoms. The maximum atomic E-state index is 12.5. The first kappa shape index (κ1) is 41.1. The fourth-order valence-electron chi connectivity index (χ4n) is 7.29. The van der Waals surface area contributed by atoms with Gasteiger partial charge >= 0.3 is 0 Å². The predicted molar refractivity (Wildman–Crippen MR) is 230 cm³/mol. The van der Waals surface area contributed by atoms with Crippen molar-refractivity contribution in [1.82, 2.24) is 16.0 Å². The first-order valence-electron chi connectivity index (χ1n) is 19.1. The number of hydrogen-bond donors (Lipinski definition) is 6. The third-order valence-electron chi connectivity index (χ3n) is 10.1. The summed E-state index contributed by atoms with van der Waals surface area (Å²) in [4.78, 5) is 9.04. The predicted octanol–water partition coefficient (Wildman–Crippen LogP) is 5.63. The second kappa shape index (κ2) is 19.5. The van der Waals surface area contributed by atoms with Crippen LogP contribution in [0.4, 0.5) is 11.4 Å². The minimum Gasteiger partial charge on any atom is -0.363 e. The molecule has 8 rings (SSSR count). The Kier molecular flexibility index (Phi) is 14.3. The molecule has 0 saturated carbocycles. The number of rotatable bonds is 9. The molecule has 0 radical (unpaired) electrons. The number of aliphatic imine (C=N–C) groups is 2. The minimum atomic E-state index is -3.56. The van der Waals surface area contributed by atoms with E-state index in [0.29, 0.717) is 29.8 Å². The fourth-order valence-corrected chi connectivity index (χ4v) is 9.90. The number of guanidine groups is 1. The number of aryl methyl sites for hydroxylation is 2. The van der Waals surface area contributed by atoms with Gasteiger partial charge in [-0.15, -0.1) is 0 Å². The van der Waals surface area contributed by atoms with Gasteiger partial charge < -0.3 is 21.7 Å². The number of amidine groups is 1. The van der Waals surface area contributed by atoms with Crippen LogP contribution in [-0.4, -0.2) is 73.5 Å². The van der Waals surface area contributed by atoms with Crippen molar-refractivity contribution in [2.24, 2.45) is 15.7 Å². The van der Waals surface area contributed by atoms with Crippen LogP contribution in [0.1, 0.15) is 59.8 Å². The summed E-state index contributed by atoms with van der Waals surface area (Å²) in [7, 11) is -7.09. The first-order chi connectivity index (χ1) is 27.1. The van der Waals surface area contributed by atoms with E-state index in [1.165, 1.54) is 22.3 Å². The number of sulfonamides is 2. The van der Waals surface area contributed by atoms with Crippen molar-refractivity contribution in [3.63, 3.8) is 0 Å². The molecule has 2 atom stereocenters. The van der Waals surface area contributed by atoms with E-state index in [0.717, 1.165) is 82.4 Å². The molecule has 0 fully saturated rings. The van der Waals surface area contributed by atoms with Crippen molar-refractivity contribution in [3.8, 4) is 0 Å². The van der Waals surface area contributed by atoms with Gasteiger partial charge in [-0.1, -0.05) is 60.3 Å². The van der Waals surface area contributed by atoms with Gasteiger partial charge in [0.1, 0.15) is 0 Å². The summed E-state index contributed by atoms with van der Waals surface area (Å²) in [5.41, 5.74) is 12.0. The second-order valence-corrected chi connectivity index (χ2v) is 18.1. The van der Waals surface area contributed by atoms with Gasteiger partial charge in [0, 0.05) is 36.9 Å². The number of fused-ring (bicyclic) bond motifs is 2. The van der Waals surface area contributed by atoms with E-state index in [9.17, 15) is 16.8 Å². The van der Waals surface area contributed by atoms with Gasteiger partial charge in [0.05, 0.1) is 22.9 Å². The van der Waals surface area contributed by atoms with Gasteiger partial charge in [0.15, 0.2) is 11.1 Å². The third-order valence-corrected chi connectivity index (χ3v) is 13.5. The zero-order valence-corrected chi connectivity index (χ0v) is 34.2. The third kappa shape index (κ3) is 11.1. The highest BCUT2D eigenvalue weighted by atomic mass is 32.2. The molecular formula is C41H52N8O4S3. The summed E-state index contributed by atoms with van der Waals surface area (Å²) in [6.45, 7) is 5.19. The molecule has 2 aliphatic carbocycles. The molecule has 0 saturated heterocycles. The van der Waals surface area contributed by atoms with Crippen LogP contribution in [0.15, 0.2) is 117 Å². The Bertz CT molecular complexity index is 2200. The maximum Gasteiger partial charge on any atom is 0.261 e. The highest BCUT2D eigenvalue weighted by molar-refractivity contribution is 8.13. The fraction of sp³-hybridized carbons (Fsp3) is 0.366. The highest BCUT2D eigenvalue weighted by Crippen LogP contribution is 2.34. The monoisotopic (exact) mass is 816 g/mol. The molecule has 56 heavy (non-hydrogen) atoms. The molecule has 4 aromatic carbocycles. The number of nitrogens with two attached hydrogens (primary N) is 1. The molecular weight excluding hydrogens is 765 g/mol. The molecule has 0 aromatic heterocycles. The Hall–Kier alpha value is -4.57. The molecule has 7 N–H and O–H groups in total. The van der Waals surface area contributed by atoms with Gasteiger partial charge in [0.2, 0.25) is 0 Å². The number of nitrogens with zero attached hydrogens (tertiary/aromatic N) is 2. The van der Waals surface area contributed by atoms with Gasteiger partial charge in [-0.25, -0.2) is 16.8 Å². The van der Waals surface area contributed by atoms with Crippen molar-refractivity contribution in [1.29, 1.82) is 0 Å². The normalized spacial score (nSPS) is 18.5. The van der Waals surface area contributed by atoms with Gasteiger partial charge in [-0.05, 0) is 128 Å². The first-order valence-corrected chi connectivity index (χ1v) is 23.3. The Labute approximate surface area is 335 Å². The lowest BCUT2D eigenvalue weighted by Gasteiger charge is -2.26. The molecule has 4 aromatic rings. The molecule has 0 amide bonds.